The third-order valence-electron chi connectivity index (χ3n) is 3.00. The highest BCUT2D eigenvalue weighted by Gasteiger charge is 2.21. The maximum atomic E-state index is 11.7. The molecular weight excluding hydrogens is 268 g/mol. The first-order valence-electron chi connectivity index (χ1n) is 7.12. The van der Waals surface area contributed by atoms with E-state index in [9.17, 15) is 9.90 Å². The van der Waals surface area contributed by atoms with E-state index in [4.69, 9.17) is 4.74 Å². The van der Waals surface area contributed by atoms with Gasteiger partial charge in [0.15, 0.2) is 0 Å². The number of carbonyl (C=O) groups excluding carboxylic acids is 1. The van der Waals surface area contributed by atoms with Crippen LogP contribution in [-0.2, 0) is 4.79 Å². The number of benzene rings is 1. The zero-order chi connectivity index (χ0) is 15.9. The minimum absolute atomic E-state index is 0.123. The largest absolute Gasteiger partial charge is 0.493 e. The first-order valence-corrected chi connectivity index (χ1v) is 7.12. The molecule has 118 valence electrons. The molecule has 0 saturated carbocycles. The number of carbonyl (C=O) groups is 1. The molecule has 5 nitrogen and oxygen atoms in total. The molecule has 0 aromatic heterocycles. The van der Waals surface area contributed by atoms with Crippen LogP contribution in [0.3, 0.4) is 0 Å². The van der Waals surface area contributed by atoms with E-state index in [1.54, 1.807) is 6.92 Å². The molecule has 1 unspecified atom stereocenters. The fourth-order valence-corrected chi connectivity index (χ4v) is 2.09. The van der Waals surface area contributed by atoms with Gasteiger partial charge in [0.05, 0.1) is 18.6 Å². The van der Waals surface area contributed by atoms with Crippen molar-refractivity contribution < 1.29 is 14.6 Å². The fraction of sp³-hybridized carbons (Fsp3) is 0.562. The standard InChI is InChI=1S/C16H26N2O3/c1-13-7-5-6-8-14(13)21-10-9-15(19)17-11-16(2,20)12-18(3)4/h5-8,20H,9-12H2,1-4H3,(H,17,19). The van der Waals surface area contributed by atoms with E-state index in [2.05, 4.69) is 5.32 Å². The monoisotopic (exact) mass is 294 g/mol. The number of amides is 1. The summed E-state index contributed by atoms with van der Waals surface area (Å²) >= 11 is 0. The number of rotatable bonds is 8. The first-order chi connectivity index (χ1) is 9.80. The van der Waals surface area contributed by atoms with E-state index in [1.807, 2.05) is 50.2 Å². The molecule has 0 fully saturated rings. The van der Waals surface area contributed by atoms with Gasteiger partial charge in [-0.3, -0.25) is 4.79 Å². The lowest BCUT2D eigenvalue weighted by Crippen LogP contribution is -2.47. The summed E-state index contributed by atoms with van der Waals surface area (Å²) in [5.74, 6) is 0.674. The van der Waals surface area contributed by atoms with Crippen molar-refractivity contribution in [2.75, 3.05) is 33.8 Å². The number of hydrogen-bond acceptors (Lipinski definition) is 4. The third kappa shape index (κ3) is 7.11. The van der Waals surface area contributed by atoms with Crippen molar-refractivity contribution >= 4 is 5.91 Å². The van der Waals surface area contributed by atoms with Crippen LogP contribution in [0.2, 0.25) is 0 Å². The molecule has 1 aromatic carbocycles. The Morgan fingerprint density at radius 1 is 1.38 bits per heavy atom. The van der Waals surface area contributed by atoms with E-state index in [0.717, 1.165) is 11.3 Å². The number of likely N-dealkylation sites (N-methyl/N-ethyl adjacent to an activating group) is 1. The maximum Gasteiger partial charge on any atom is 0.223 e. The smallest absolute Gasteiger partial charge is 0.223 e. The van der Waals surface area contributed by atoms with Crippen LogP contribution in [-0.4, -0.2) is 55.3 Å². The Labute approximate surface area is 126 Å². The molecule has 0 spiro atoms. The van der Waals surface area contributed by atoms with Gasteiger partial charge in [0.2, 0.25) is 5.91 Å². The number of nitrogens with one attached hydrogen (secondary N) is 1. The molecule has 0 aliphatic heterocycles. The van der Waals surface area contributed by atoms with Crippen molar-refractivity contribution in [2.45, 2.75) is 25.9 Å². The molecule has 0 aliphatic rings. The van der Waals surface area contributed by atoms with Gasteiger partial charge in [0.1, 0.15) is 5.75 Å². The average Bonchev–Trinajstić information content (AvgIpc) is 2.37. The first kappa shape index (κ1) is 17.5. The summed E-state index contributed by atoms with van der Waals surface area (Å²) in [4.78, 5) is 13.6. The highest BCUT2D eigenvalue weighted by Crippen LogP contribution is 2.16. The summed E-state index contributed by atoms with van der Waals surface area (Å²) < 4.78 is 5.57. The van der Waals surface area contributed by atoms with Crippen LogP contribution in [0.25, 0.3) is 0 Å². The number of aryl methyl sites for hydroxylation is 1. The van der Waals surface area contributed by atoms with Crippen LogP contribution < -0.4 is 10.1 Å². The molecule has 0 radical (unpaired) electrons. The average molecular weight is 294 g/mol. The topological polar surface area (TPSA) is 61.8 Å². The van der Waals surface area contributed by atoms with Crippen LogP contribution in [0.15, 0.2) is 24.3 Å². The van der Waals surface area contributed by atoms with Crippen LogP contribution >= 0.6 is 0 Å². The Bertz CT molecular complexity index is 459. The molecule has 21 heavy (non-hydrogen) atoms. The van der Waals surface area contributed by atoms with Crippen molar-refractivity contribution in [3.05, 3.63) is 29.8 Å². The van der Waals surface area contributed by atoms with Crippen molar-refractivity contribution in [3.8, 4) is 5.75 Å². The lowest BCUT2D eigenvalue weighted by molar-refractivity contribution is -0.122. The van der Waals surface area contributed by atoms with Gasteiger partial charge in [-0.05, 0) is 39.6 Å². The van der Waals surface area contributed by atoms with Gasteiger partial charge in [-0.25, -0.2) is 0 Å². The minimum atomic E-state index is -0.934. The van der Waals surface area contributed by atoms with Gasteiger partial charge in [-0.1, -0.05) is 18.2 Å². The zero-order valence-corrected chi connectivity index (χ0v) is 13.3. The Hall–Kier alpha value is -1.59. The second-order valence-corrected chi connectivity index (χ2v) is 5.88. The number of ether oxygens (including phenoxy) is 1. The molecule has 0 aliphatic carbocycles. The van der Waals surface area contributed by atoms with Crippen molar-refractivity contribution in [1.29, 1.82) is 0 Å². The minimum Gasteiger partial charge on any atom is -0.493 e. The van der Waals surface area contributed by atoms with E-state index in [0.29, 0.717) is 13.2 Å². The normalized spacial score (nSPS) is 13.8. The van der Waals surface area contributed by atoms with Crippen LogP contribution in [0.1, 0.15) is 18.9 Å². The van der Waals surface area contributed by atoms with Gasteiger partial charge in [-0.15, -0.1) is 0 Å². The summed E-state index contributed by atoms with van der Waals surface area (Å²) in [6, 6.07) is 7.70. The number of para-hydroxylation sites is 1. The zero-order valence-electron chi connectivity index (χ0n) is 13.3. The molecule has 2 N–H and O–H groups in total. The molecular formula is C16H26N2O3. The lowest BCUT2D eigenvalue weighted by atomic mass is 10.1. The molecule has 0 heterocycles. The Morgan fingerprint density at radius 2 is 2.05 bits per heavy atom. The SMILES string of the molecule is Cc1ccccc1OCCC(=O)NCC(C)(O)CN(C)C. The molecule has 5 heteroatoms. The van der Waals surface area contributed by atoms with Gasteiger partial charge >= 0.3 is 0 Å². The quantitative estimate of drug-likeness (QED) is 0.756. The molecule has 0 saturated heterocycles. The lowest BCUT2D eigenvalue weighted by Gasteiger charge is -2.27. The second kappa shape index (κ2) is 8.00. The summed E-state index contributed by atoms with van der Waals surface area (Å²) in [5, 5.41) is 12.8. The summed E-state index contributed by atoms with van der Waals surface area (Å²) in [6.45, 7) is 4.72. The van der Waals surface area contributed by atoms with Crippen molar-refractivity contribution in [2.24, 2.45) is 0 Å². The molecule has 1 aromatic rings. The highest BCUT2D eigenvalue weighted by molar-refractivity contribution is 5.76. The van der Waals surface area contributed by atoms with E-state index < -0.39 is 5.60 Å². The van der Waals surface area contributed by atoms with E-state index >= 15 is 0 Å². The summed E-state index contributed by atoms with van der Waals surface area (Å²) in [7, 11) is 3.76. The Morgan fingerprint density at radius 3 is 2.67 bits per heavy atom. The van der Waals surface area contributed by atoms with Gasteiger partial charge in [0.25, 0.3) is 0 Å². The highest BCUT2D eigenvalue weighted by atomic mass is 16.5. The Balaban J connectivity index is 2.27. The number of nitrogens with zero attached hydrogens (tertiary/aromatic N) is 1. The second-order valence-electron chi connectivity index (χ2n) is 5.88. The molecule has 1 atom stereocenters. The van der Waals surface area contributed by atoms with Gasteiger partial charge in [0, 0.05) is 13.1 Å². The van der Waals surface area contributed by atoms with Crippen molar-refractivity contribution in [3.63, 3.8) is 0 Å². The Kier molecular flexibility index (Phi) is 6.65. The molecule has 0 bridgehead atoms. The maximum absolute atomic E-state index is 11.7. The van der Waals surface area contributed by atoms with E-state index in [1.165, 1.54) is 0 Å². The molecule has 1 amide bonds. The molecule has 1 rings (SSSR count). The van der Waals surface area contributed by atoms with Crippen LogP contribution in [0.5, 0.6) is 5.75 Å². The van der Waals surface area contributed by atoms with Crippen molar-refractivity contribution in [1.82, 2.24) is 10.2 Å². The summed E-state index contributed by atoms with van der Waals surface area (Å²) in [6.07, 6.45) is 0.270. The fourth-order valence-electron chi connectivity index (χ4n) is 2.09. The predicted octanol–water partition coefficient (Wildman–Crippen LogP) is 1.19. The van der Waals surface area contributed by atoms with Gasteiger partial charge < -0.3 is 20.1 Å². The van der Waals surface area contributed by atoms with Crippen LogP contribution in [0.4, 0.5) is 0 Å². The van der Waals surface area contributed by atoms with Gasteiger partial charge in [-0.2, -0.15) is 0 Å². The third-order valence-corrected chi connectivity index (χ3v) is 3.00. The number of hydrogen-bond donors (Lipinski definition) is 2. The van der Waals surface area contributed by atoms with Crippen LogP contribution in [0, 0.1) is 6.92 Å². The number of aliphatic hydroxyl groups is 1. The summed E-state index contributed by atoms with van der Waals surface area (Å²) in [5.41, 5.74) is 0.113. The predicted molar refractivity (Wildman–Crippen MR) is 83.5 cm³/mol. The van der Waals surface area contributed by atoms with E-state index in [-0.39, 0.29) is 18.9 Å².